The largest absolute Gasteiger partial charge is 0.478 e. The zero-order valence-corrected chi connectivity index (χ0v) is 11.2. The Balaban J connectivity index is 2.31. The van der Waals surface area contributed by atoms with E-state index in [0.29, 0.717) is 6.54 Å². The average Bonchev–Trinajstić information content (AvgIpc) is 2.74. The summed E-state index contributed by atoms with van der Waals surface area (Å²) >= 11 is 0. The number of aryl methyl sites for hydroxylation is 1. The second kappa shape index (κ2) is 5.20. The number of hydrogen-bond donors (Lipinski definition) is 2. The van der Waals surface area contributed by atoms with Crippen LogP contribution in [-0.2, 0) is 13.6 Å². The Morgan fingerprint density at radius 1 is 1.55 bits per heavy atom. The molecule has 1 aromatic carbocycles. The molecule has 0 aliphatic carbocycles. The van der Waals surface area contributed by atoms with E-state index in [1.54, 1.807) is 29.9 Å². The number of aromatic nitrogens is 2. The predicted molar refractivity (Wildman–Crippen MR) is 73.1 cm³/mol. The van der Waals surface area contributed by atoms with Gasteiger partial charge in [0.05, 0.1) is 17.4 Å². The van der Waals surface area contributed by atoms with Crippen molar-refractivity contribution in [1.29, 1.82) is 0 Å². The van der Waals surface area contributed by atoms with Crippen LogP contribution in [0.25, 0.3) is 0 Å². The van der Waals surface area contributed by atoms with Crippen molar-refractivity contribution < 1.29 is 14.3 Å². The minimum absolute atomic E-state index is 0.0893. The number of rotatable bonds is 4. The first-order valence-corrected chi connectivity index (χ1v) is 5.89. The lowest BCUT2D eigenvalue weighted by Gasteiger charge is -2.20. The van der Waals surface area contributed by atoms with Crippen LogP contribution in [0.4, 0.5) is 15.8 Å². The van der Waals surface area contributed by atoms with Crippen molar-refractivity contribution >= 4 is 17.3 Å². The molecule has 0 aliphatic rings. The van der Waals surface area contributed by atoms with Crippen LogP contribution in [0.3, 0.4) is 0 Å². The molecule has 0 unspecified atom stereocenters. The maximum Gasteiger partial charge on any atom is 0.337 e. The predicted octanol–water partition coefficient (Wildman–Crippen LogP) is 1.48. The molecule has 0 radical (unpaired) electrons. The van der Waals surface area contributed by atoms with Gasteiger partial charge in [0.15, 0.2) is 0 Å². The Bertz CT molecular complexity index is 654. The standard InChI is InChI=1S/C13H15FN4O2/c1-17(6-8-5-16-18(2)7-8)12-3-9(13(19)20)11(15)4-10(12)14/h3-5,7H,6,15H2,1-2H3,(H,19,20). The first-order chi connectivity index (χ1) is 9.38. The molecule has 1 aromatic heterocycles. The number of nitrogens with two attached hydrogens (primary N) is 1. The van der Waals surface area contributed by atoms with Crippen molar-refractivity contribution in [2.45, 2.75) is 6.54 Å². The molecule has 20 heavy (non-hydrogen) atoms. The van der Waals surface area contributed by atoms with Crippen molar-refractivity contribution in [2.24, 2.45) is 7.05 Å². The van der Waals surface area contributed by atoms with Gasteiger partial charge in [0.1, 0.15) is 5.82 Å². The molecule has 0 saturated heterocycles. The Hall–Kier alpha value is -2.57. The monoisotopic (exact) mass is 278 g/mol. The molecule has 0 atom stereocenters. The van der Waals surface area contributed by atoms with Gasteiger partial charge in [0.2, 0.25) is 0 Å². The number of carboxylic acids is 1. The number of hydrogen-bond acceptors (Lipinski definition) is 4. The number of nitrogen functional groups attached to an aromatic ring is 1. The normalized spacial score (nSPS) is 10.6. The van der Waals surface area contributed by atoms with E-state index in [4.69, 9.17) is 10.8 Å². The number of halogens is 1. The van der Waals surface area contributed by atoms with Crippen molar-refractivity contribution in [3.05, 3.63) is 41.5 Å². The fourth-order valence-electron chi connectivity index (χ4n) is 1.97. The van der Waals surface area contributed by atoms with E-state index in [1.807, 2.05) is 6.20 Å². The van der Waals surface area contributed by atoms with Gasteiger partial charge >= 0.3 is 5.97 Å². The highest BCUT2D eigenvalue weighted by Gasteiger charge is 2.16. The third-order valence-corrected chi connectivity index (χ3v) is 2.94. The van der Waals surface area contributed by atoms with Gasteiger partial charge in [0, 0.05) is 38.1 Å². The molecule has 0 fully saturated rings. The molecule has 0 bridgehead atoms. The van der Waals surface area contributed by atoms with Crippen LogP contribution in [0, 0.1) is 5.82 Å². The van der Waals surface area contributed by atoms with E-state index in [9.17, 15) is 9.18 Å². The number of carboxylic acid groups (broad SMARTS) is 1. The number of carbonyl (C=O) groups is 1. The van der Waals surface area contributed by atoms with Gasteiger partial charge in [-0.25, -0.2) is 9.18 Å². The van der Waals surface area contributed by atoms with Crippen LogP contribution < -0.4 is 10.6 Å². The summed E-state index contributed by atoms with van der Waals surface area (Å²) in [4.78, 5) is 12.6. The maximum absolute atomic E-state index is 13.9. The highest BCUT2D eigenvalue weighted by Crippen LogP contribution is 2.25. The molecule has 2 aromatic rings. The van der Waals surface area contributed by atoms with E-state index < -0.39 is 11.8 Å². The second-order valence-electron chi connectivity index (χ2n) is 4.57. The summed E-state index contributed by atoms with van der Waals surface area (Å²) in [6.45, 7) is 0.410. The first-order valence-electron chi connectivity index (χ1n) is 5.89. The van der Waals surface area contributed by atoms with Gasteiger partial charge in [-0.2, -0.15) is 5.10 Å². The summed E-state index contributed by atoms with van der Waals surface area (Å²) in [5, 5.41) is 13.0. The van der Waals surface area contributed by atoms with Crippen LogP contribution in [0.5, 0.6) is 0 Å². The lowest BCUT2D eigenvalue weighted by atomic mass is 10.1. The van der Waals surface area contributed by atoms with Gasteiger partial charge in [0.25, 0.3) is 0 Å². The number of benzene rings is 1. The van der Waals surface area contributed by atoms with Crippen LogP contribution in [0.15, 0.2) is 24.5 Å². The zero-order chi connectivity index (χ0) is 14.9. The SMILES string of the molecule is CN(Cc1cnn(C)c1)c1cc(C(=O)O)c(N)cc1F. The molecular formula is C13H15FN4O2. The average molecular weight is 278 g/mol. The van der Waals surface area contributed by atoms with E-state index >= 15 is 0 Å². The maximum atomic E-state index is 13.9. The second-order valence-corrected chi connectivity index (χ2v) is 4.57. The van der Waals surface area contributed by atoms with E-state index in [0.717, 1.165) is 11.6 Å². The summed E-state index contributed by atoms with van der Waals surface area (Å²) in [7, 11) is 3.46. The lowest BCUT2D eigenvalue weighted by Crippen LogP contribution is -2.18. The Labute approximate surface area is 115 Å². The molecule has 2 rings (SSSR count). The zero-order valence-electron chi connectivity index (χ0n) is 11.2. The molecule has 3 N–H and O–H groups in total. The summed E-state index contributed by atoms with van der Waals surface area (Å²) in [5.41, 5.74) is 6.37. The van der Waals surface area contributed by atoms with Gasteiger partial charge in [-0.3, -0.25) is 4.68 Å². The molecular weight excluding hydrogens is 263 g/mol. The molecule has 1 heterocycles. The van der Waals surface area contributed by atoms with Gasteiger partial charge in [-0.05, 0) is 12.1 Å². The number of nitrogens with zero attached hydrogens (tertiary/aromatic N) is 3. The van der Waals surface area contributed by atoms with Crippen LogP contribution in [0.2, 0.25) is 0 Å². The highest BCUT2D eigenvalue weighted by atomic mass is 19.1. The highest BCUT2D eigenvalue weighted by molar-refractivity contribution is 5.95. The third kappa shape index (κ3) is 2.71. The van der Waals surface area contributed by atoms with E-state index in [2.05, 4.69) is 5.10 Å². The minimum atomic E-state index is -1.18. The van der Waals surface area contributed by atoms with Crippen molar-refractivity contribution in [3.8, 4) is 0 Å². The van der Waals surface area contributed by atoms with Gasteiger partial charge < -0.3 is 15.7 Å². The van der Waals surface area contributed by atoms with Crippen LogP contribution >= 0.6 is 0 Å². The Morgan fingerprint density at radius 2 is 2.25 bits per heavy atom. The van der Waals surface area contributed by atoms with Crippen molar-refractivity contribution in [1.82, 2.24) is 9.78 Å². The molecule has 7 heteroatoms. The fraction of sp³-hybridized carbons (Fsp3) is 0.231. The lowest BCUT2D eigenvalue weighted by molar-refractivity contribution is 0.0698. The van der Waals surface area contributed by atoms with Crippen molar-refractivity contribution in [2.75, 3.05) is 17.7 Å². The molecule has 106 valence electrons. The Morgan fingerprint density at radius 3 is 2.80 bits per heavy atom. The number of anilines is 2. The molecule has 0 amide bonds. The smallest absolute Gasteiger partial charge is 0.337 e. The van der Waals surface area contributed by atoms with E-state index in [1.165, 1.54) is 6.07 Å². The van der Waals surface area contributed by atoms with Crippen LogP contribution in [-0.4, -0.2) is 27.9 Å². The van der Waals surface area contributed by atoms with Gasteiger partial charge in [-0.15, -0.1) is 0 Å². The van der Waals surface area contributed by atoms with Gasteiger partial charge in [-0.1, -0.05) is 0 Å². The molecule has 0 aliphatic heterocycles. The van der Waals surface area contributed by atoms with Crippen molar-refractivity contribution in [3.63, 3.8) is 0 Å². The minimum Gasteiger partial charge on any atom is -0.478 e. The summed E-state index contributed by atoms with van der Waals surface area (Å²) in [6.07, 6.45) is 3.48. The third-order valence-electron chi connectivity index (χ3n) is 2.94. The summed E-state index contributed by atoms with van der Waals surface area (Å²) in [6, 6.07) is 2.27. The molecule has 0 spiro atoms. The molecule has 0 saturated carbocycles. The number of aromatic carboxylic acids is 1. The fourth-order valence-corrected chi connectivity index (χ4v) is 1.97. The summed E-state index contributed by atoms with van der Waals surface area (Å²) < 4.78 is 15.6. The first kappa shape index (κ1) is 13.9. The summed E-state index contributed by atoms with van der Waals surface area (Å²) in [5.74, 6) is -1.74. The topological polar surface area (TPSA) is 84.4 Å². The Kier molecular flexibility index (Phi) is 3.60. The van der Waals surface area contributed by atoms with E-state index in [-0.39, 0.29) is 16.9 Å². The van der Waals surface area contributed by atoms with Crippen LogP contribution in [0.1, 0.15) is 15.9 Å². The quantitative estimate of drug-likeness (QED) is 0.827. The molecule has 6 nitrogen and oxygen atoms in total.